The summed E-state index contributed by atoms with van der Waals surface area (Å²) < 4.78 is 25.6. The maximum Gasteiger partial charge on any atom is 0.316 e. The lowest BCUT2D eigenvalue weighted by Gasteiger charge is -2.02. The number of halogens is 3. The Hall–Kier alpha value is -1.24. The van der Waals surface area contributed by atoms with Crippen molar-refractivity contribution in [3.8, 4) is 0 Å². The zero-order chi connectivity index (χ0) is 10.7. The molecule has 0 amide bonds. The molecule has 0 spiro atoms. The minimum absolute atomic E-state index is 0.0229. The van der Waals surface area contributed by atoms with Crippen molar-refractivity contribution < 1.29 is 13.7 Å². The Bertz CT molecular complexity index is 342. The summed E-state index contributed by atoms with van der Waals surface area (Å²) in [5.74, 6) is 0.0680. The predicted molar refractivity (Wildman–Crippen MR) is 44.6 cm³/mol. The molecule has 0 aliphatic rings. The van der Waals surface area contributed by atoms with E-state index in [2.05, 4.69) is 5.10 Å². The Kier molecular flexibility index (Phi) is 3.34. The topological polar surface area (TPSA) is 61.0 Å². The Labute approximate surface area is 82.4 Å². The van der Waals surface area contributed by atoms with E-state index in [1.54, 1.807) is 0 Å². The average molecular weight is 226 g/mol. The third-order valence-corrected chi connectivity index (χ3v) is 1.73. The lowest BCUT2D eigenvalue weighted by Crippen LogP contribution is -2.07. The van der Waals surface area contributed by atoms with Gasteiger partial charge >= 0.3 is 5.69 Å². The molecule has 0 radical (unpaired) electrons. The second-order valence-corrected chi connectivity index (χ2v) is 2.76. The number of alkyl halides is 3. The van der Waals surface area contributed by atoms with Gasteiger partial charge in [-0.15, -0.1) is 11.6 Å². The van der Waals surface area contributed by atoms with Crippen LogP contribution in [0.2, 0.25) is 0 Å². The number of aryl methyl sites for hydroxylation is 1. The molecule has 0 unspecified atom stereocenters. The van der Waals surface area contributed by atoms with Crippen molar-refractivity contribution in [2.45, 2.75) is 13.0 Å². The summed E-state index contributed by atoms with van der Waals surface area (Å²) in [6, 6.07) is 0. The van der Waals surface area contributed by atoms with Crippen molar-refractivity contribution >= 4 is 17.3 Å². The van der Waals surface area contributed by atoms with E-state index in [-0.39, 0.29) is 12.4 Å². The Morgan fingerprint density at radius 1 is 1.71 bits per heavy atom. The van der Waals surface area contributed by atoms with Gasteiger partial charge in [-0.3, -0.25) is 14.8 Å². The lowest BCUT2D eigenvalue weighted by atomic mass is 10.4. The smallest absolute Gasteiger partial charge is 0.258 e. The molecule has 1 heterocycles. The lowest BCUT2D eigenvalue weighted by molar-refractivity contribution is -0.386. The van der Waals surface area contributed by atoms with Gasteiger partial charge in [0.05, 0.1) is 11.5 Å². The van der Waals surface area contributed by atoms with Crippen LogP contribution in [0.4, 0.5) is 14.5 Å². The van der Waals surface area contributed by atoms with Gasteiger partial charge in [-0.2, -0.15) is 5.10 Å². The highest BCUT2D eigenvalue weighted by Gasteiger charge is 2.27. The average Bonchev–Trinajstić information content (AvgIpc) is 2.48. The van der Waals surface area contributed by atoms with Crippen molar-refractivity contribution in [2.75, 3.05) is 5.88 Å². The summed E-state index contributed by atoms with van der Waals surface area (Å²) in [4.78, 5) is 9.44. The largest absolute Gasteiger partial charge is 0.316 e. The highest BCUT2D eigenvalue weighted by molar-refractivity contribution is 6.17. The molecule has 0 saturated heterocycles. The van der Waals surface area contributed by atoms with Gasteiger partial charge in [0.2, 0.25) is 0 Å². The molecule has 0 aromatic carbocycles. The molecule has 1 aromatic rings. The number of hydrogen-bond donors (Lipinski definition) is 0. The summed E-state index contributed by atoms with van der Waals surface area (Å²) in [5, 5.41) is 13.8. The van der Waals surface area contributed by atoms with Crippen molar-refractivity contribution in [3.63, 3.8) is 0 Å². The zero-order valence-electron chi connectivity index (χ0n) is 6.86. The predicted octanol–water partition coefficient (Wildman–Crippen LogP) is 1.97. The van der Waals surface area contributed by atoms with Crippen LogP contribution in [-0.4, -0.2) is 20.6 Å². The standard InChI is InChI=1S/C6H6ClF2N3O2/c7-1-2-11-5(6(8)9)4(3-10-11)12(13)14/h3,6H,1-2H2. The van der Waals surface area contributed by atoms with Crippen LogP contribution >= 0.6 is 11.6 Å². The Morgan fingerprint density at radius 2 is 2.36 bits per heavy atom. The van der Waals surface area contributed by atoms with E-state index in [4.69, 9.17) is 11.6 Å². The van der Waals surface area contributed by atoms with Crippen LogP contribution in [-0.2, 0) is 6.54 Å². The van der Waals surface area contributed by atoms with Gasteiger partial charge in [-0.25, -0.2) is 8.78 Å². The van der Waals surface area contributed by atoms with Crippen LogP contribution < -0.4 is 0 Å². The Morgan fingerprint density at radius 3 is 2.79 bits per heavy atom. The SMILES string of the molecule is O=[N+]([O-])c1cnn(CCCl)c1C(F)F. The highest BCUT2D eigenvalue weighted by Crippen LogP contribution is 2.28. The van der Waals surface area contributed by atoms with Gasteiger partial charge in [0.1, 0.15) is 6.20 Å². The molecule has 5 nitrogen and oxygen atoms in total. The summed E-state index contributed by atoms with van der Waals surface area (Å²) in [6.45, 7) is 0.0229. The molecule has 1 rings (SSSR count). The molecule has 8 heteroatoms. The molecule has 0 aliphatic heterocycles. The third-order valence-electron chi connectivity index (χ3n) is 1.56. The van der Waals surface area contributed by atoms with Crippen molar-refractivity contribution in [1.82, 2.24) is 9.78 Å². The number of nitro groups is 1. The molecule has 0 N–H and O–H groups in total. The summed E-state index contributed by atoms with van der Waals surface area (Å²) in [7, 11) is 0. The Balaban J connectivity index is 3.13. The normalized spacial score (nSPS) is 10.9. The molecule has 1 aromatic heterocycles. The van der Waals surface area contributed by atoms with Gasteiger partial charge in [-0.05, 0) is 0 Å². The minimum atomic E-state index is -2.93. The molecule has 14 heavy (non-hydrogen) atoms. The van der Waals surface area contributed by atoms with E-state index in [1.165, 1.54) is 0 Å². The van der Waals surface area contributed by atoms with Crippen LogP contribution in [0.3, 0.4) is 0 Å². The molecular weight excluding hydrogens is 220 g/mol. The van der Waals surface area contributed by atoms with Crippen LogP contribution in [0.1, 0.15) is 12.1 Å². The summed E-state index contributed by atoms with van der Waals surface area (Å²) in [5.41, 5.74) is -1.37. The molecule has 0 aliphatic carbocycles. The molecule has 0 fully saturated rings. The first kappa shape index (κ1) is 10.8. The maximum absolute atomic E-state index is 12.4. The number of aromatic nitrogens is 2. The molecule has 78 valence electrons. The first-order valence-corrected chi connectivity index (χ1v) is 4.15. The number of rotatable bonds is 4. The summed E-state index contributed by atoms with van der Waals surface area (Å²) >= 11 is 5.33. The van der Waals surface area contributed by atoms with E-state index in [9.17, 15) is 18.9 Å². The van der Waals surface area contributed by atoms with Gasteiger partial charge in [0, 0.05) is 5.88 Å². The monoisotopic (exact) mass is 225 g/mol. The second-order valence-electron chi connectivity index (χ2n) is 2.38. The second kappa shape index (κ2) is 4.32. The maximum atomic E-state index is 12.4. The highest BCUT2D eigenvalue weighted by atomic mass is 35.5. The fraction of sp³-hybridized carbons (Fsp3) is 0.500. The summed E-state index contributed by atoms with van der Waals surface area (Å²) in [6.07, 6.45) is -2.13. The molecule has 0 bridgehead atoms. The van der Waals surface area contributed by atoms with E-state index in [0.29, 0.717) is 0 Å². The molecular formula is C6H6ClF2N3O2. The van der Waals surface area contributed by atoms with Gasteiger partial charge < -0.3 is 0 Å². The van der Waals surface area contributed by atoms with Crippen molar-refractivity contribution in [3.05, 3.63) is 22.0 Å². The van der Waals surface area contributed by atoms with E-state index in [1.807, 2.05) is 0 Å². The third kappa shape index (κ3) is 1.98. The first-order chi connectivity index (χ1) is 6.57. The fourth-order valence-corrected chi connectivity index (χ4v) is 1.17. The van der Waals surface area contributed by atoms with E-state index < -0.39 is 22.7 Å². The van der Waals surface area contributed by atoms with Gasteiger partial charge in [0.25, 0.3) is 6.43 Å². The quantitative estimate of drug-likeness (QED) is 0.447. The van der Waals surface area contributed by atoms with Crippen LogP contribution in [0, 0.1) is 10.1 Å². The molecule has 0 atom stereocenters. The van der Waals surface area contributed by atoms with Gasteiger partial charge in [0.15, 0.2) is 5.69 Å². The zero-order valence-corrected chi connectivity index (χ0v) is 7.62. The van der Waals surface area contributed by atoms with Crippen LogP contribution in [0.5, 0.6) is 0 Å². The van der Waals surface area contributed by atoms with E-state index in [0.717, 1.165) is 10.9 Å². The van der Waals surface area contributed by atoms with Crippen LogP contribution in [0.25, 0.3) is 0 Å². The fourth-order valence-electron chi connectivity index (χ4n) is 1.01. The van der Waals surface area contributed by atoms with E-state index >= 15 is 0 Å². The van der Waals surface area contributed by atoms with Crippen LogP contribution in [0.15, 0.2) is 6.20 Å². The van der Waals surface area contributed by atoms with Crippen molar-refractivity contribution in [1.29, 1.82) is 0 Å². The number of hydrogen-bond acceptors (Lipinski definition) is 3. The number of nitrogens with zero attached hydrogens (tertiary/aromatic N) is 3. The molecule has 0 saturated carbocycles. The van der Waals surface area contributed by atoms with Crippen molar-refractivity contribution in [2.24, 2.45) is 0 Å². The minimum Gasteiger partial charge on any atom is -0.258 e. The van der Waals surface area contributed by atoms with Gasteiger partial charge in [-0.1, -0.05) is 0 Å². The first-order valence-electron chi connectivity index (χ1n) is 3.62.